The summed E-state index contributed by atoms with van der Waals surface area (Å²) in [5.41, 5.74) is 11.4. The van der Waals surface area contributed by atoms with Gasteiger partial charge in [-0.15, -0.1) is 0 Å². The molecule has 0 fully saturated rings. The van der Waals surface area contributed by atoms with Crippen molar-refractivity contribution in [1.29, 1.82) is 0 Å². The second-order valence-electron chi connectivity index (χ2n) is 11.9. The number of fused-ring (bicyclic) bond motifs is 5. The van der Waals surface area contributed by atoms with E-state index in [1.807, 2.05) is 18.5 Å². The molecule has 3 heteroatoms. The second-order valence-corrected chi connectivity index (χ2v) is 11.9. The van der Waals surface area contributed by atoms with Crippen molar-refractivity contribution in [2.45, 2.75) is 0 Å². The zero-order valence-electron chi connectivity index (χ0n) is 25.6. The molecule has 0 saturated heterocycles. The lowest BCUT2D eigenvalue weighted by atomic mass is 9.98. The molecule has 0 N–H and O–H groups in total. The van der Waals surface area contributed by atoms with Crippen LogP contribution in [0.1, 0.15) is 0 Å². The Morgan fingerprint density at radius 3 is 1.70 bits per heavy atom. The highest BCUT2D eigenvalue weighted by molar-refractivity contribution is 6.18. The second kappa shape index (κ2) is 11.2. The summed E-state index contributed by atoms with van der Waals surface area (Å²) in [7, 11) is 0. The Morgan fingerprint density at radius 1 is 0.362 bits per heavy atom. The number of para-hydroxylation sites is 1. The molecule has 47 heavy (non-hydrogen) atoms. The number of hydrogen-bond acceptors (Lipinski definition) is 2. The Balaban J connectivity index is 1.02. The minimum Gasteiger partial charge on any atom is -0.309 e. The Kier molecular flexibility index (Phi) is 6.46. The van der Waals surface area contributed by atoms with Crippen molar-refractivity contribution in [1.82, 2.24) is 14.5 Å². The molecule has 0 radical (unpaired) electrons. The molecular formula is C44H29N3. The monoisotopic (exact) mass is 599 g/mol. The number of benzene rings is 7. The van der Waals surface area contributed by atoms with Gasteiger partial charge in [-0.1, -0.05) is 127 Å². The van der Waals surface area contributed by atoms with Crippen LogP contribution in [0.5, 0.6) is 0 Å². The van der Waals surface area contributed by atoms with Gasteiger partial charge in [-0.3, -0.25) is 0 Å². The average Bonchev–Trinajstić information content (AvgIpc) is 3.50. The first-order valence-electron chi connectivity index (χ1n) is 15.9. The molecule has 2 aromatic heterocycles. The first-order valence-corrected chi connectivity index (χ1v) is 15.9. The third-order valence-electron chi connectivity index (χ3n) is 9.12. The van der Waals surface area contributed by atoms with Crippen LogP contribution >= 0.6 is 0 Å². The quantitative estimate of drug-likeness (QED) is 0.197. The van der Waals surface area contributed by atoms with Crippen LogP contribution in [0.15, 0.2) is 176 Å². The molecule has 0 bridgehead atoms. The summed E-state index contributed by atoms with van der Waals surface area (Å²) >= 11 is 0. The molecule has 7 aromatic carbocycles. The van der Waals surface area contributed by atoms with Crippen LogP contribution in [0, 0.1) is 0 Å². The zero-order valence-corrected chi connectivity index (χ0v) is 25.6. The molecule has 220 valence electrons. The number of rotatable bonds is 5. The summed E-state index contributed by atoms with van der Waals surface area (Å²) < 4.78 is 2.38. The molecule has 9 rings (SSSR count). The summed E-state index contributed by atoms with van der Waals surface area (Å²) in [5, 5.41) is 5.00. The third kappa shape index (κ3) is 4.77. The highest BCUT2D eigenvalue weighted by Crippen LogP contribution is 2.37. The summed E-state index contributed by atoms with van der Waals surface area (Å²) in [6.45, 7) is 0. The van der Waals surface area contributed by atoms with Gasteiger partial charge in [-0.2, -0.15) is 0 Å². The predicted molar refractivity (Wildman–Crippen MR) is 196 cm³/mol. The Bertz CT molecular complexity index is 2530. The van der Waals surface area contributed by atoms with Crippen molar-refractivity contribution in [3.8, 4) is 50.5 Å². The van der Waals surface area contributed by atoms with Crippen molar-refractivity contribution in [2.75, 3.05) is 0 Å². The van der Waals surface area contributed by atoms with E-state index in [1.165, 1.54) is 54.8 Å². The fourth-order valence-electron chi connectivity index (χ4n) is 6.75. The van der Waals surface area contributed by atoms with Crippen molar-refractivity contribution >= 4 is 32.6 Å². The molecule has 0 atom stereocenters. The number of aromatic nitrogens is 3. The number of hydrogen-bond donors (Lipinski definition) is 0. The van der Waals surface area contributed by atoms with Crippen LogP contribution in [0.2, 0.25) is 0 Å². The van der Waals surface area contributed by atoms with Gasteiger partial charge in [0.1, 0.15) is 0 Å². The molecule has 0 amide bonds. The maximum absolute atomic E-state index is 4.79. The van der Waals surface area contributed by atoms with E-state index in [0.29, 0.717) is 5.82 Å². The van der Waals surface area contributed by atoms with Crippen LogP contribution in [-0.2, 0) is 0 Å². The lowest BCUT2D eigenvalue weighted by molar-refractivity contribution is 1.16. The maximum atomic E-state index is 4.79. The average molecular weight is 600 g/mol. The van der Waals surface area contributed by atoms with Gasteiger partial charge in [0, 0.05) is 45.4 Å². The van der Waals surface area contributed by atoms with E-state index >= 15 is 0 Å². The topological polar surface area (TPSA) is 30.7 Å². The molecule has 9 aromatic rings. The highest BCUT2D eigenvalue weighted by Gasteiger charge is 2.15. The molecule has 0 aliphatic carbocycles. The lowest BCUT2D eigenvalue weighted by Crippen LogP contribution is -1.95. The van der Waals surface area contributed by atoms with Crippen molar-refractivity contribution < 1.29 is 0 Å². The van der Waals surface area contributed by atoms with Gasteiger partial charge in [0.25, 0.3) is 0 Å². The highest BCUT2D eigenvalue weighted by atomic mass is 15.0. The normalized spacial score (nSPS) is 11.4. The van der Waals surface area contributed by atoms with Crippen LogP contribution in [-0.4, -0.2) is 14.5 Å². The van der Waals surface area contributed by atoms with Crippen molar-refractivity contribution in [2.24, 2.45) is 0 Å². The molecule has 0 aliphatic rings. The van der Waals surface area contributed by atoms with E-state index < -0.39 is 0 Å². The standard InChI is InChI=1S/C44H29N3/c1-2-9-30(10-3-1)31-17-19-32(20-18-31)35-12-8-13-36(27-35)37-28-45-44(46-29-37)34-21-24-38(25-22-34)47-42-16-7-6-15-40(42)41-26-23-33-11-4-5-14-39(33)43(41)47/h1-29H. The van der Waals surface area contributed by atoms with Crippen molar-refractivity contribution in [3.63, 3.8) is 0 Å². The van der Waals surface area contributed by atoms with Gasteiger partial charge < -0.3 is 4.57 Å². The molecule has 0 saturated carbocycles. The minimum absolute atomic E-state index is 0.709. The van der Waals surface area contributed by atoms with Crippen LogP contribution in [0.25, 0.3) is 83.0 Å². The van der Waals surface area contributed by atoms with Gasteiger partial charge in [0.15, 0.2) is 5.82 Å². The van der Waals surface area contributed by atoms with Crippen molar-refractivity contribution in [3.05, 3.63) is 176 Å². The first-order chi connectivity index (χ1) is 23.3. The van der Waals surface area contributed by atoms with E-state index in [-0.39, 0.29) is 0 Å². The van der Waals surface area contributed by atoms with Crippen LogP contribution < -0.4 is 0 Å². The molecule has 0 unspecified atom stereocenters. The summed E-state index contributed by atoms with van der Waals surface area (Å²) in [6, 6.07) is 58.1. The Morgan fingerprint density at radius 2 is 0.936 bits per heavy atom. The summed E-state index contributed by atoms with van der Waals surface area (Å²) in [6.07, 6.45) is 3.85. The molecule has 2 heterocycles. The molecule has 3 nitrogen and oxygen atoms in total. The lowest BCUT2D eigenvalue weighted by Gasteiger charge is -2.11. The molecule has 0 aliphatic heterocycles. The molecule has 0 spiro atoms. The van der Waals surface area contributed by atoms with Crippen LogP contribution in [0.3, 0.4) is 0 Å². The Hall–Kier alpha value is -6.32. The van der Waals surface area contributed by atoms with Gasteiger partial charge in [-0.05, 0) is 69.6 Å². The smallest absolute Gasteiger partial charge is 0.159 e. The van der Waals surface area contributed by atoms with Gasteiger partial charge >= 0.3 is 0 Å². The first kappa shape index (κ1) is 27.0. The fraction of sp³-hybridized carbons (Fsp3) is 0. The van der Waals surface area contributed by atoms with Crippen LogP contribution in [0.4, 0.5) is 0 Å². The SMILES string of the molecule is c1ccc(-c2ccc(-c3cccc(-c4cnc(-c5ccc(-n6c7ccccc7c7ccc8ccccc8c76)cc5)nc4)c3)cc2)cc1. The van der Waals surface area contributed by atoms with E-state index in [2.05, 4.69) is 162 Å². The van der Waals surface area contributed by atoms with Gasteiger partial charge in [-0.25, -0.2) is 9.97 Å². The van der Waals surface area contributed by atoms with Gasteiger partial charge in [0.05, 0.1) is 11.0 Å². The minimum atomic E-state index is 0.709. The van der Waals surface area contributed by atoms with E-state index in [0.717, 1.165) is 22.4 Å². The fourth-order valence-corrected chi connectivity index (χ4v) is 6.75. The van der Waals surface area contributed by atoms with E-state index in [9.17, 15) is 0 Å². The maximum Gasteiger partial charge on any atom is 0.159 e. The Labute approximate surface area is 273 Å². The summed E-state index contributed by atoms with van der Waals surface area (Å²) in [5.74, 6) is 0.709. The number of nitrogens with zero attached hydrogens (tertiary/aromatic N) is 3. The summed E-state index contributed by atoms with van der Waals surface area (Å²) in [4.78, 5) is 9.58. The molecular weight excluding hydrogens is 571 g/mol. The van der Waals surface area contributed by atoms with E-state index in [4.69, 9.17) is 9.97 Å². The van der Waals surface area contributed by atoms with Gasteiger partial charge in [0.2, 0.25) is 0 Å². The largest absolute Gasteiger partial charge is 0.309 e. The third-order valence-corrected chi connectivity index (χ3v) is 9.12. The zero-order chi connectivity index (χ0) is 31.2. The van der Waals surface area contributed by atoms with E-state index in [1.54, 1.807) is 0 Å². The predicted octanol–water partition coefficient (Wildman–Crippen LogP) is 11.4.